The van der Waals surface area contributed by atoms with Crippen LogP contribution < -0.4 is 0 Å². The van der Waals surface area contributed by atoms with E-state index in [9.17, 15) is 9.18 Å². The molecule has 1 atom stereocenters. The second-order valence-corrected chi connectivity index (χ2v) is 5.93. The highest BCUT2D eigenvalue weighted by Crippen LogP contribution is 2.25. The summed E-state index contributed by atoms with van der Waals surface area (Å²) in [4.78, 5) is 19.0. The van der Waals surface area contributed by atoms with Gasteiger partial charge in [-0.25, -0.2) is 9.37 Å². The van der Waals surface area contributed by atoms with Gasteiger partial charge < -0.3 is 9.72 Å². The average Bonchev–Trinajstić information content (AvgIpc) is 2.84. The summed E-state index contributed by atoms with van der Waals surface area (Å²) in [6.45, 7) is 3.80. The van der Waals surface area contributed by atoms with Gasteiger partial charge in [-0.15, -0.1) is 10.2 Å². The van der Waals surface area contributed by atoms with E-state index >= 15 is 0 Å². The topological polar surface area (TPSA) is 80.8 Å². The summed E-state index contributed by atoms with van der Waals surface area (Å²) in [7, 11) is 0. The Morgan fingerprint density at radius 3 is 3.05 bits per heavy atom. The summed E-state index contributed by atoms with van der Waals surface area (Å²) < 4.78 is 18.3. The number of halogens is 1. The molecule has 3 aromatic rings. The molecule has 8 heteroatoms. The number of aromatic amines is 1. The van der Waals surface area contributed by atoms with Crippen LogP contribution in [0.25, 0.3) is 22.1 Å². The quantitative estimate of drug-likeness (QED) is 0.588. The molecule has 2 aromatic heterocycles. The lowest BCUT2D eigenvalue weighted by molar-refractivity contribution is -0.142. The van der Waals surface area contributed by atoms with E-state index in [2.05, 4.69) is 20.2 Å². The first-order valence-corrected chi connectivity index (χ1v) is 7.61. The number of hydrogen-bond donors (Lipinski definition) is 1. The number of nitrogens with one attached hydrogen (secondary N) is 1. The van der Waals surface area contributed by atoms with Gasteiger partial charge in [-0.2, -0.15) is 0 Å². The Balaban J connectivity index is 1.93. The molecular formula is C14H13FN4O2S. The second kappa shape index (κ2) is 5.88. The third-order valence-corrected chi connectivity index (χ3v) is 3.99. The largest absolute Gasteiger partial charge is 0.465 e. The fourth-order valence-electron chi connectivity index (χ4n) is 2.04. The summed E-state index contributed by atoms with van der Waals surface area (Å²) in [6.07, 6.45) is 0. The Morgan fingerprint density at radius 2 is 2.27 bits per heavy atom. The molecule has 0 radical (unpaired) electrons. The van der Waals surface area contributed by atoms with Crippen LogP contribution in [0.15, 0.2) is 23.4 Å². The maximum Gasteiger partial charge on any atom is 0.319 e. The van der Waals surface area contributed by atoms with Crippen molar-refractivity contribution in [2.24, 2.45) is 0 Å². The Bertz CT molecular complexity index is 851. The molecule has 1 N–H and O–H groups in total. The fourth-order valence-corrected chi connectivity index (χ4v) is 2.76. The number of esters is 1. The van der Waals surface area contributed by atoms with E-state index in [0.717, 1.165) is 5.52 Å². The maximum atomic E-state index is 13.3. The molecule has 1 aromatic carbocycles. The van der Waals surface area contributed by atoms with Crippen LogP contribution in [-0.4, -0.2) is 38.0 Å². The lowest BCUT2D eigenvalue weighted by Crippen LogP contribution is -2.17. The first-order chi connectivity index (χ1) is 10.6. The molecule has 0 unspecified atom stereocenters. The van der Waals surface area contributed by atoms with Gasteiger partial charge in [0.25, 0.3) is 0 Å². The number of rotatable bonds is 4. The minimum atomic E-state index is -0.430. The van der Waals surface area contributed by atoms with Crippen LogP contribution in [0.4, 0.5) is 4.39 Å². The molecule has 0 saturated carbocycles. The number of fused-ring (bicyclic) bond motifs is 3. The molecule has 0 aliphatic heterocycles. The highest BCUT2D eigenvalue weighted by atomic mass is 32.2. The molecule has 3 rings (SSSR count). The van der Waals surface area contributed by atoms with Crippen LogP contribution in [0.5, 0.6) is 0 Å². The molecule has 0 aliphatic carbocycles. The average molecular weight is 320 g/mol. The van der Waals surface area contributed by atoms with Gasteiger partial charge in [0.1, 0.15) is 16.6 Å². The number of nitrogens with zero attached hydrogens (tertiary/aromatic N) is 3. The van der Waals surface area contributed by atoms with Crippen molar-refractivity contribution in [3.63, 3.8) is 0 Å². The van der Waals surface area contributed by atoms with Crippen molar-refractivity contribution >= 4 is 39.8 Å². The van der Waals surface area contributed by atoms with Gasteiger partial charge in [0.2, 0.25) is 5.16 Å². The van der Waals surface area contributed by atoms with Crippen LogP contribution in [0.1, 0.15) is 13.8 Å². The van der Waals surface area contributed by atoms with Crippen LogP contribution in [0.3, 0.4) is 0 Å². The Labute approximate surface area is 129 Å². The van der Waals surface area contributed by atoms with Gasteiger partial charge in [-0.05, 0) is 32.0 Å². The summed E-state index contributed by atoms with van der Waals surface area (Å²) in [5.41, 5.74) is 1.75. The minimum Gasteiger partial charge on any atom is -0.465 e. The lowest BCUT2D eigenvalue weighted by Gasteiger charge is -2.08. The number of carbonyl (C=O) groups is 1. The van der Waals surface area contributed by atoms with Crippen LogP contribution in [-0.2, 0) is 9.53 Å². The molecule has 0 spiro atoms. The minimum absolute atomic E-state index is 0.324. The van der Waals surface area contributed by atoms with Crippen LogP contribution in [0.2, 0.25) is 0 Å². The van der Waals surface area contributed by atoms with Gasteiger partial charge in [0, 0.05) is 10.9 Å². The van der Waals surface area contributed by atoms with E-state index < -0.39 is 5.25 Å². The van der Waals surface area contributed by atoms with Crippen molar-refractivity contribution in [2.45, 2.75) is 24.3 Å². The number of carbonyl (C=O) groups excluding carboxylic acids is 1. The molecule has 22 heavy (non-hydrogen) atoms. The monoisotopic (exact) mass is 320 g/mol. The molecule has 0 aliphatic rings. The van der Waals surface area contributed by atoms with Gasteiger partial charge >= 0.3 is 5.97 Å². The Kier molecular flexibility index (Phi) is 3.93. The van der Waals surface area contributed by atoms with E-state index in [1.165, 1.54) is 23.9 Å². The molecule has 0 bridgehead atoms. The smallest absolute Gasteiger partial charge is 0.319 e. The SMILES string of the molecule is CCOC(=O)[C@@H](C)Sc1nnc2c(n1)[nH]c1ccc(F)cc12. The number of thioether (sulfide) groups is 1. The summed E-state index contributed by atoms with van der Waals surface area (Å²) in [5.74, 6) is -0.667. The van der Waals surface area contributed by atoms with E-state index in [4.69, 9.17) is 4.74 Å². The Hall–Kier alpha value is -2.22. The first-order valence-electron chi connectivity index (χ1n) is 6.73. The number of H-pyrrole nitrogens is 1. The zero-order valence-corrected chi connectivity index (χ0v) is 12.8. The normalized spacial score (nSPS) is 12.7. The molecular weight excluding hydrogens is 307 g/mol. The predicted octanol–water partition coefficient (Wildman–Crippen LogP) is 2.69. The van der Waals surface area contributed by atoms with Gasteiger partial charge in [0.05, 0.1) is 6.61 Å². The fraction of sp³-hybridized carbons (Fsp3) is 0.286. The molecule has 0 saturated heterocycles. The molecule has 114 valence electrons. The van der Waals surface area contributed by atoms with Crippen molar-refractivity contribution in [1.29, 1.82) is 0 Å². The first kappa shape index (κ1) is 14.7. The zero-order valence-electron chi connectivity index (χ0n) is 12.0. The third-order valence-electron chi connectivity index (χ3n) is 3.06. The van der Waals surface area contributed by atoms with Crippen LogP contribution in [0, 0.1) is 5.82 Å². The highest BCUT2D eigenvalue weighted by molar-refractivity contribution is 8.00. The van der Waals surface area contributed by atoms with Crippen molar-refractivity contribution < 1.29 is 13.9 Å². The standard InChI is InChI=1S/C14H13FN4O2S/c1-3-21-13(20)7(2)22-14-17-12-11(18-19-14)9-6-8(15)4-5-10(9)16-12/h4-7H,3H2,1-2H3,(H,16,17,19)/t7-/m1/s1. The summed E-state index contributed by atoms with van der Waals surface area (Å²) in [6, 6.07) is 4.38. The van der Waals surface area contributed by atoms with Crippen LogP contribution >= 0.6 is 11.8 Å². The lowest BCUT2D eigenvalue weighted by atomic mass is 10.2. The number of benzene rings is 1. The maximum absolute atomic E-state index is 13.3. The molecule has 0 fully saturated rings. The van der Waals surface area contributed by atoms with Gasteiger partial charge in [0.15, 0.2) is 5.65 Å². The highest BCUT2D eigenvalue weighted by Gasteiger charge is 2.18. The summed E-state index contributed by atoms with van der Waals surface area (Å²) in [5, 5.41) is 8.64. The van der Waals surface area contributed by atoms with E-state index in [-0.39, 0.29) is 11.8 Å². The van der Waals surface area contributed by atoms with Crippen molar-refractivity contribution in [1.82, 2.24) is 20.2 Å². The number of aromatic nitrogens is 4. The number of hydrogen-bond acceptors (Lipinski definition) is 6. The molecule has 6 nitrogen and oxygen atoms in total. The predicted molar refractivity (Wildman–Crippen MR) is 81.1 cm³/mol. The molecule has 0 amide bonds. The summed E-state index contributed by atoms with van der Waals surface area (Å²) >= 11 is 1.17. The zero-order chi connectivity index (χ0) is 15.7. The second-order valence-electron chi connectivity index (χ2n) is 4.62. The van der Waals surface area contributed by atoms with Gasteiger partial charge in [-0.1, -0.05) is 11.8 Å². The van der Waals surface area contributed by atoms with Crippen molar-refractivity contribution in [3.05, 3.63) is 24.0 Å². The molecule has 2 heterocycles. The van der Waals surface area contributed by atoms with Crippen molar-refractivity contribution in [2.75, 3.05) is 6.61 Å². The van der Waals surface area contributed by atoms with E-state index in [1.807, 2.05) is 0 Å². The van der Waals surface area contributed by atoms with Crippen molar-refractivity contribution in [3.8, 4) is 0 Å². The van der Waals surface area contributed by atoms with Gasteiger partial charge in [-0.3, -0.25) is 4.79 Å². The van der Waals surface area contributed by atoms with E-state index in [0.29, 0.717) is 28.3 Å². The Morgan fingerprint density at radius 1 is 1.45 bits per heavy atom. The number of ether oxygens (including phenoxy) is 1. The third kappa shape index (κ3) is 2.74. The van der Waals surface area contributed by atoms with E-state index in [1.54, 1.807) is 19.9 Å².